The Kier molecular flexibility index (Phi) is 5.89. The van der Waals surface area contributed by atoms with Crippen LogP contribution in [0.4, 0.5) is 11.4 Å². The number of amides is 2. The minimum atomic E-state index is -0.374. The van der Waals surface area contributed by atoms with Gasteiger partial charge >= 0.3 is 0 Å². The number of rotatable bonds is 6. The lowest BCUT2D eigenvalue weighted by molar-refractivity contribution is -0.111. The fourth-order valence-corrected chi connectivity index (χ4v) is 3.02. The molecule has 0 atom stereocenters. The van der Waals surface area contributed by atoms with Gasteiger partial charge in [-0.3, -0.25) is 9.59 Å². The lowest BCUT2D eigenvalue weighted by Crippen LogP contribution is -2.16. The topological polar surface area (TPSA) is 99.0 Å². The summed E-state index contributed by atoms with van der Waals surface area (Å²) < 4.78 is 21.6. The molecule has 0 saturated carbocycles. The van der Waals surface area contributed by atoms with E-state index in [1.165, 1.54) is 12.3 Å². The summed E-state index contributed by atoms with van der Waals surface area (Å²) >= 11 is 0. The van der Waals surface area contributed by atoms with E-state index in [4.69, 9.17) is 18.6 Å². The number of nitrogens with one attached hydrogen (secondary N) is 2. The van der Waals surface area contributed by atoms with Crippen molar-refractivity contribution in [2.45, 2.75) is 0 Å². The van der Waals surface area contributed by atoms with Crippen LogP contribution in [0.15, 0.2) is 65.3 Å². The highest BCUT2D eigenvalue weighted by atomic mass is 16.6. The van der Waals surface area contributed by atoms with Crippen LogP contribution >= 0.6 is 0 Å². The Morgan fingerprint density at radius 2 is 1.81 bits per heavy atom. The first kappa shape index (κ1) is 20.1. The molecule has 0 fully saturated rings. The lowest BCUT2D eigenvalue weighted by Gasteiger charge is -2.20. The first-order valence-corrected chi connectivity index (χ1v) is 9.54. The summed E-state index contributed by atoms with van der Waals surface area (Å²) in [5.41, 5.74) is 1.79. The number of carbonyl (C=O) groups excluding carboxylic acids is 2. The van der Waals surface area contributed by atoms with E-state index >= 15 is 0 Å². The van der Waals surface area contributed by atoms with Crippen molar-refractivity contribution in [1.82, 2.24) is 0 Å². The van der Waals surface area contributed by atoms with Crippen molar-refractivity contribution in [3.05, 3.63) is 72.2 Å². The molecule has 0 radical (unpaired) electrons. The van der Waals surface area contributed by atoms with Gasteiger partial charge in [0.1, 0.15) is 13.2 Å². The number of methoxy groups -OCH3 is 1. The highest BCUT2D eigenvalue weighted by Crippen LogP contribution is 2.40. The van der Waals surface area contributed by atoms with Crippen molar-refractivity contribution < 1.29 is 28.2 Å². The molecule has 2 aromatic carbocycles. The van der Waals surface area contributed by atoms with Crippen LogP contribution in [-0.4, -0.2) is 32.1 Å². The zero-order chi connectivity index (χ0) is 21.6. The SMILES string of the molecule is COc1cc(C=CC(=O)Nc2cccc(NC(=O)c3ccco3)c2)cc2c1OCCO2. The van der Waals surface area contributed by atoms with Gasteiger partial charge in [0.25, 0.3) is 5.91 Å². The van der Waals surface area contributed by atoms with E-state index in [9.17, 15) is 9.59 Å². The van der Waals surface area contributed by atoms with Gasteiger partial charge in [0.15, 0.2) is 17.3 Å². The molecule has 1 aromatic heterocycles. The van der Waals surface area contributed by atoms with E-state index in [2.05, 4.69) is 10.6 Å². The molecule has 0 aliphatic carbocycles. The van der Waals surface area contributed by atoms with Crippen LogP contribution in [-0.2, 0) is 4.79 Å². The summed E-state index contributed by atoms with van der Waals surface area (Å²) in [5.74, 6) is 1.17. The Morgan fingerprint density at radius 3 is 2.58 bits per heavy atom. The van der Waals surface area contributed by atoms with Crippen LogP contribution in [0.2, 0.25) is 0 Å². The van der Waals surface area contributed by atoms with E-state index in [0.29, 0.717) is 41.8 Å². The minimum absolute atomic E-state index is 0.201. The maximum atomic E-state index is 12.4. The van der Waals surface area contributed by atoms with Crippen molar-refractivity contribution in [3.8, 4) is 17.2 Å². The molecule has 8 nitrogen and oxygen atoms in total. The smallest absolute Gasteiger partial charge is 0.291 e. The number of hydrogen-bond acceptors (Lipinski definition) is 6. The highest BCUT2D eigenvalue weighted by Gasteiger charge is 2.17. The molecule has 0 bridgehead atoms. The van der Waals surface area contributed by atoms with Gasteiger partial charge in [-0.25, -0.2) is 0 Å². The van der Waals surface area contributed by atoms with Crippen LogP contribution in [0.1, 0.15) is 16.1 Å². The van der Waals surface area contributed by atoms with Crippen LogP contribution in [0.5, 0.6) is 17.2 Å². The number of ether oxygens (including phenoxy) is 3. The first-order valence-electron chi connectivity index (χ1n) is 9.54. The largest absolute Gasteiger partial charge is 0.493 e. The molecule has 2 amide bonds. The quantitative estimate of drug-likeness (QED) is 0.586. The summed E-state index contributed by atoms with van der Waals surface area (Å²) in [7, 11) is 1.55. The van der Waals surface area contributed by atoms with Crippen molar-refractivity contribution in [2.75, 3.05) is 31.0 Å². The Hall–Kier alpha value is -4.20. The van der Waals surface area contributed by atoms with E-state index in [-0.39, 0.29) is 17.6 Å². The molecule has 0 saturated heterocycles. The molecule has 158 valence electrons. The maximum absolute atomic E-state index is 12.4. The van der Waals surface area contributed by atoms with Crippen molar-refractivity contribution in [1.29, 1.82) is 0 Å². The molecule has 1 aliphatic heterocycles. The van der Waals surface area contributed by atoms with Crippen molar-refractivity contribution in [2.24, 2.45) is 0 Å². The fraction of sp³-hybridized carbons (Fsp3) is 0.130. The first-order chi connectivity index (χ1) is 15.1. The summed E-state index contributed by atoms with van der Waals surface area (Å²) in [5, 5.41) is 5.48. The molecule has 2 N–H and O–H groups in total. The molecule has 8 heteroatoms. The number of furan rings is 1. The third-order valence-electron chi connectivity index (χ3n) is 4.41. The number of anilines is 2. The molecule has 0 unspecified atom stereocenters. The summed E-state index contributed by atoms with van der Waals surface area (Å²) in [6.07, 6.45) is 4.48. The second-order valence-electron chi connectivity index (χ2n) is 6.58. The van der Waals surface area contributed by atoms with Gasteiger partial charge in [-0.15, -0.1) is 0 Å². The van der Waals surface area contributed by atoms with Gasteiger partial charge in [-0.2, -0.15) is 0 Å². The van der Waals surface area contributed by atoms with Crippen LogP contribution < -0.4 is 24.8 Å². The van der Waals surface area contributed by atoms with Gasteiger partial charge in [0.2, 0.25) is 11.7 Å². The molecule has 4 rings (SSSR count). The van der Waals surface area contributed by atoms with Crippen LogP contribution in [0.25, 0.3) is 6.08 Å². The third-order valence-corrected chi connectivity index (χ3v) is 4.41. The standard InChI is InChI=1S/C23H20N2O6/c1-28-19-12-15(13-20-22(19)31-11-10-30-20)7-8-21(26)24-16-4-2-5-17(14-16)25-23(27)18-6-3-9-29-18/h2-9,12-14H,10-11H2,1H3,(H,24,26)(H,25,27). The van der Waals surface area contributed by atoms with Gasteiger partial charge < -0.3 is 29.3 Å². The van der Waals surface area contributed by atoms with Crippen LogP contribution in [0.3, 0.4) is 0 Å². The second kappa shape index (κ2) is 9.08. The summed E-state index contributed by atoms with van der Waals surface area (Å²) in [4.78, 5) is 24.5. The number of fused-ring (bicyclic) bond motifs is 1. The van der Waals surface area contributed by atoms with E-state index in [1.54, 1.807) is 61.7 Å². The number of carbonyl (C=O) groups is 2. The average molecular weight is 420 g/mol. The zero-order valence-corrected chi connectivity index (χ0v) is 16.7. The Bertz CT molecular complexity index is 1100. The Balaban J connectivity index is 1.42. The minimum Gasteiger partial charge on any atom is -0.493 e. The van der Waals surface area contributed by atoms with Gasteiger partial charge in [0, 0.05) is 17.5 Å². The molecule has 2 heterocycles. The molecule has 3 aromatic rings. The average Bonchev–Trinajstić information content (AvgIpc) is 3.32. The molecular formula is C23H20N2O6. The molecule has 1 aliphatic rings. The normalized spacial score (nSPS) is 12.4. The monoisotopic (exact) mass is 420 g/mol. The number of hydrogen-bond donors (Lipinski definition) is 2. The molecular weight excluding hydrogens is 400 g/mol. The summed E-state index contributed by atoms with van der Waals surface area (Å²) in [6, 6.07) is 13.6. The van der Waals surface area contributed by atoms with Gasteiger partial charge in [-0.05, 0) is 54.1 Å². The number of benzene rings is 2. The van der Waals surface area contributed by atoms with Gasteiger partial charge in [0.05, 0.1) is 13.4 Å². The molecule has 0 spiro atoms. The zero-order valence-electron chi connectivity index (χ0n) is 16.7. The highest BCUT2D eigenvalue weighted by molar-refractivity contribution is 6.04. The predicted molar refractivity (Wildman–Crippen MR) is 115 cm³/mol. The van der Waals surface area contributed by atoms with E-state index < -0.39 is 0 Å². The second-order valence-corrected chi connectivity index (χ2v) is 6.58. The van der Waals surface area contributed by atoms with Crippen molar-refractivity contribution in [3.63, 3.8) is 0 Å². The van der Waals surface area contributed by atoms with E-state index in [1.807, 2.05) is 0 Å². The molecule has 31 heavy (non-hydrogen) atoms. The Morgan fingerprint density at radius 1 is 1.00 bits per heavy atom. The summed E-state index contributed by atoms with van der Waals surface area (Å²) in [6.45, 7) is 0.915. The fourth-order valence-electron chi connectivity index (χ4n) is 3.02. The maximum Gasteiger partial charge on any atom is 0.291 e. The third kappa shape index (κ3) is 4.87. The predicted octanol–water partition coefficient (Wildman–Crippen LogP) is 3.96. The van der Waals surface area contributed by atoms with E-state index in [0.717, 1.165) is 5.56 Å². The lowest BCUT2D eigenvalue weighted by atomic mass is 10.1. The van der Waals surface area contributed by atoms with Crippen molar-refractivity contribution >= 4 is 29.3 Å². The van der Waals surface area contributed by atoms with Crippen LogP contribution in [0, 0.1) is 0 Å². The Labute approximate surface area is 178 Å². The van der Waals surface area contributed by atoms with Gasteiger partial charge in [-0.1, -0.05) is 6.07 Å².